The third-order valence-electron chi connectivity index (χ3n) is 4.98. The van der Waals surface area contributed by atoms with E-state index in [0.717, 1.165) is 0 Å². The molecular weight excluding hydrogens is 485 g/mol. The average molecular weight is 506 g/mol. The molecule has 0 N–H and O–H groups in total. The van der Waals surface area contributed by atoms with Crippen molar-refractivity contribution in [2.45, 2.75) is 27.2 Å². The number of halogens is 4. The monoisotopic (exact) mass is 504 g/mol. The van der Waals surface area contributed by atoms with Crippen molar-refractivity contribution in [3.63, 3.8) is 0 Å². The molecule has 0 aliphatic rings. The number of carbonyl (C=O) groups excluding carboxylic acids is 2. The van der Waals surface area contributed by atoms with Crippen molar-refractivity contribution in [1.82, 2.24) is 0 Å². The van der Waals surface area contributed by atoms with Gasteiger partial charge in [-0.25, -0.2) is 0 Å². The highest BCUT2D eigenvalue weighted by Gasteiger charge is 2.44. The number of hydrogen-bond donors (Lipinski definition) is 0. The fourth-order valence-electron chi connectivity index (χ4n) is 3.79. The van der Waals surface area contributed by atoms with Crippen molar-refractivity contribution in [3.05, 3.63) is 67.6 Å². The van der Waals surface area contributed by atoms with Crippen LogP contribution in [0, 0.1) is 17.3 Å². The van der Waals surface area contributed by atoms with Gasteiger partial charge in [-0.2, -0.15) is 0 Å². The Morgan fingerprint density at radius 2 is 1.23 bits per heavy atom. The van der Waals surface area contributed by atoms with Gasteiger partial charge in [0, 0.05) is 6.16 Å². The fraction of sp³-hybridized carbons (Fsp3) is 0.364. The highest BCUT2D eigenvalue weighted by molar-refractivity contribution is 7.23. The summed E-state index contributed by atoms with van der Waals surface area (Å²) in [4.78, 5) is 27.3. The van der Waals surface area contributed by atoms with Crippen LogP contribution in [0.3, 0.4) is 0 Å². The van der Waals surface area contributed by atoms with Crippen LogP contribution >= 0.6 is 54.9 Å². The molecule has 0 spiro atoms. The lowest BCUT2D eigenvalue weighted by atomic mass is 9.67. The lowest BCUT2D eigenvalue weighted by Crippen LogP contribution is -2.39. The standard InChI is InChI=1S/C22H21Cl4O3P/c1-12(11-30-29)10-22(2,3)19(20(27)17-13(23)6-4-7-14(17)24)21(28)18-15(25)8-5-9-16(18)26/h4-9,12,19H,10-11H2,1-3H3. The minimum Gasteiger partial charge on any atom is -0.293 e. The summed E-state index contributed by atoms with van der Waals surface area (Å²) in [7, 11) is 0.00859. The van der Waals surface area contributed by atoms with E-state index >= 15 is 0 Å². The summed E-state index contributed by atoms with van der Waals surface area (Å²) in [6.45, 7) is 5.56. The maximum absolute atomic E-state index is 13.7. The second-order valence-corrected chi connectivity index (χ2v) is 10.2. The molecule has 0 aliphatic heterocycles. The van der Waals surface area contributed by atoms with Crippen LogP contribution < -0.4 is 0 Å². The third-order valence-corrected chi connectivity index (χ3v) is 7.02. The maximum Gasteiger partial charge on any atom is 0.177 e. The summed E-state index contributed by atoms with van der Waals surface area (Å²) in [5.74, 6) is -2.13. The molecule has 0 fully saturated rings. The van der Waals surface area contributed by atoms with Gasteiger partial charge >= 0.3 is 0 Å². The van der Waals surface area contributed by atoms with Crippen LogP contribution in [-0.2, 0) is 4.57 Å². The van der Waals surface area contributed by atoms with E-state index in [1.165, 1.54) is 0 Å². The zero-order valence-corrected chi connectivity index (χ0v) is 20.6. The number of Topliss-reactive ketones (excluding diaryl/α,β-unsaturated/α-hetero) is 2. The van der Waals surface area contributed by atoms with Crippen molar-refractivity contribution in [3.8, 4) is 0 Å². The second kappa shape index (κ2) is 10.6. The molecule has 8 heteroatoms. The molecular formula is C22H21Cl4O3P. The number of benzene rings is 2. The van der Waals surface area contributed by atoms with E-state index in [2.05, 4.69) is 0 Å². The van der Waals surface area contributed by atoms with Crippen molar-refractivity contribution >= 4 is 66.4 Å². The van der Waals surface area contributed by atoms with E-state index in [1.54, 1.807) is 36.4 Å². The summed E-state index contributed by atoms with van der Waals surface area (Å²) in [5, 5.41) is 0.657. The Kier molecular flexibility index (Phi) is 8.92. The Hall–Kier alpha value is -0.960. The number of hydrogen-bond acceptors (Lipinski definition) is 3. The van der Waals surface area contributed by atoms with Crippen molar-refractivity contribution in [2.24, 2.45) is 17.3 Å². The summed E-state index contributed by atoms with van der Waals surface area (Å²) in [6, 6.07) is 9.47. The molecule has 0 heterocycles. The minimum absolute atomic E-state index is 0.00528. The molecule has 0 saturated heterocycles. The molecule has 2 rings (SSSR count). The van der Waals surface area contributed by atoms with E-state index in [0.29, 0.717) is 12.6 Å². The van der Waals surface area contributed by atoms with Gasteiger partial charge in [-0.3, -0.25) is 14.2 Å². The normalized spacial score (nSPS) is 12.9. The van der Waals surface area contributed by atoms with Crippen LogP contribution in [0.5, 0.6) is 0 Å². The zero-order chi connectivity index (χ0) is 22.6. The predicted molar refractivity (Wildman–Crippen MR) is 125 cm³/mol. The van der Waals surface area contributed by atoms with Gasteiger partial charge in [-0.1, -0.05) is 79.3 Å². The highest BCUT2D eigenvalue weighted by Crippen LogP contribution is 2.42. The SMILES string of the molecule is CC(CP=O)CC(C)(C)C(C(=O)c1c(Cl)cccc1Cl)C(=O)c1c(Cl)cccc1Cl. The number of rotatable bonds is 9. The Labute approximate surface area is 198 Å². The lowest BCUT2D eigenvalue weighted by Gasteiger charge is -2.35. The number of ketones is 2. The second-order valence-electron chi connectivity index (χ2n) is 7.96. The van der Waals surface area contributed by atoms with Gasteiger partial charge in [0.25, 0.3) is 0 Å². The van der Waals surface area contributed by atoms with Gasteiger partial charge in [0.15, 0.2) is 20.0 Å². The first kappa shape index (κ1) is 25.3. The lowest BCUT2D eigenvalue weighted by molar-refractivity contribution is 0.0642. The van der Waals surface area contributed by atoms with Gasteiger partial charge in [0.1, 0.15) is 0 Å². The smallest absolute Gasteiger partial charge is 0.177 e. The first-order valence-electron chi connectivity index (χ1n) is 9.26. The zero-order valence-electron chi connectivity index (χ0n) is 16.7. The largest absolute Gasteiger partial charge is 0.293 e. The van der Waals surface area contributed by atoms with Crippen LogP contribution in [0.15, 0.2) is 36.4 Å². The van der Waals surface area contributed by atoms with Crippen LogP contribution in [0.4, 0.5) is 0 Å². The summed E-state index contributed by atoms with van der Waals surface area (Å²) in [5.41, 5.74) is -0.640. The van der Waals surface area contributed by atoms with Gasteiger partial charge in [-0.05, 0) is 42.0 Å². The van der Waals surface area contributed by atoms with Crippen LogP contribution in [0.1, 0.15) is 47.9 Å². The molecule has 0 aliphatic carbocycles. The molecule has 0 amide bonds. The van der Waals surface area contributed by atoms with Gasteiger partial charge in [0.2, 0.25) is 0 Å². The molecule has 2 aromatic carbocycles. The van der Waals surface area contributed by atoms with E-state index in [1.807, 2.05) is 20.8 Å². The molecule has 0 saturated carbocycles. The van der Waals surface area contributed by atoms with E-state index < -0.39 is 22.9 Å². The molecule has 3 nitrogen and oxygen atoms in total. The predicted octanol–water partition coefficient (Wildman–Crippen LogP) is 8.33. The van der Waals surface area contributed by atoms with Crippen molar-refractivity contribution in [2.75, 3.05) is 6.16 Å². The molecule has 1 unspecified atom stereocenters. The molecule has 1 atom stereocenters. The van der Waals surface area contributed by atoms with E-state index in [-0.39, 0.29) is 45.6 Å². The van der Waals surface area contributed by atoms with Crippen LogP contribution in [0.2, 0.25) is 20.1 Å². The Balaban J connectivity index is 2.65. The summed E-state index contributed by atoms with van der Waals surface area (Å²) < 4.78 is 11.1. The minimum atomic E-state index is -1.14. The number of carbonyl (C=O) groups is 2. The first-order chi connectivity index (χ1) is 14.0. The molecule has 0 radical (unpaired) electrons. The van der Waals surface area contributed by atoms with Gasteiger partial charge in [0.05, 0.1) is 37.1 Å². The quantitative estimate of drug-likeness (QED) is 0.195. The third kappa shape index (κ3) is 5.64. The summed E-state index contributed by atoms with van der Waals surface area (Å²) >= 11 is 25.1. The fourth-order valence-corrected chi connectivity index (χ4v) is 5.34. The summed E-state index contributed by atoms with van der Waals surface area (Å²) in [6.07, 6.45) is 0.882. The van der Waals surface area contributed by atoms with E-state index in [4.69, 9.17) is 46.4 Å². The van der Waals surface area contributed by atoms with Gasteiger partial charge in [-0.15, -0.1) is 0 Å². The first-order valence-corrected chi connectivity index (χ1v) is 11.8. The van der Waals surface area contributed by atoms with Crippen molar-refractivity contribution < 1.29 is 14.2 Å². The molecule has 0 bridgehead atoms. The average Bonchev–Trinajstić information content (AvgIpc) is 2.60. The van der Waals surface area contributed by atoms with Crippen LogP contribution in [-0.4, -0.2) is 17.7 Å². The van der Waals surface area contributed by atoms with Gasteiger partial charge < -0.3 is 0 Å². The Bertz CT molecular complexity index is 871. The molecule has 0 aromatic heterocycles. The van der Waals surface area contributed by atoms with Crippen LogP contribution in [0.25, 0.3) is 0 Å². The van der Waals surface area contributed by atoms with Crippen molar-refractivity contribution in [1.29, 1.82) is 0 Å². The topological polar surface area (TPSA) is 51.2 Å². The molecule has 30 heavy (non-hydrogen) atoms. The van der Waals surface area contributed by atoms with E-state index in [9.17, 15) is 14.2 Å². The Morgan fingerprint density at radius 1 is 0.867 bits per heavy atom. The highest BCUT2D eigenvalue weighted by atomic mass is 35.5. The Morgan fingerprint density at radius 3 is 1.57 bits per heavy atom. The molecule has 160 valence electrons. The molecule has 2 aromatic rings. The maximum atomic E-state index is 13.7.